The largest absolute Gasteiger partial charge is 0.355 e. The summed E-state index contributed by atoms with van der Waals surface area (Å²) in [5.74, 6) is 0.768. The SMILES string of the molecule is C[C@H]1C[C@H]1C(=O)NCCC(=O)N(C)Cc1ccc(Cl)s1. The summed E-state index contributed by atoms with van der Waals surface area (Å²) in [6.45, 7) is 3.04. The van der Waals surface area contributed by atoms with E-state index in [0.717, 1.165) is 15.6 Å². The number of nitrogens with one attached hydrogen (secondary N) is 1. The minimum Gasteiger partial charge on any atom is -0.355 e. The van der Waals surface area contributed by atoms with Crippen molar-refractivity contribution in [3.63, 3.8) is 0 Å². The molecular weight excluding hydrogens is 296 g/mol. The molecule has 1 heterocycles. The number of amides is 2. The third kappa shape index (κ3) is 4.21. The van der Waals surface area contributed by atoms with Gasteiger partial charge in [-0.1, -0.05) is 18.5 Å². The first kappa shape index (κ1) is 15.3. The van der Waals surface area contributed by atoms with Crippen LogP contribution in [0.2, 0.25) is 4.34 Å². The van der Waals surface area contributed by atoms with Gasteiger partial charge in [0.2, 0.25) is 11.8 Å². The molecule has 1 aliphatic rings. The molecule has 1 fully saturated rings. The van der Waals surface area contributed by atoms with Gasteiger partial charge in [-0.25, -0.2) is 0 Å². The molecule has 1 saturated carbocycles. The van der Waals surface area contributed by atoms with Gasteiger partial charge in [-0.05, 0) is 24.5 Å². The van der Waals surface area contributed by atoms with E-state index < -0.39 is 0 Å². The molecule has 1 aromatic rings. The lowest BCUT2D eigenvalue weighted by molar-refractivity contribution is -0.130. The molecule has 1 aromatic heterocycles. The van der Waals surface area contributed by atoms with Gasteiger partial charge in [0.1, 0.15) is 0 Å². The summed E-state index contributed by atoms with van der Waals surface area (Å²) in [5.41, 5.74) is 0. The van der Waals surface area contributed by atoms with Gasteiger partial charge in [-0.3, -0.25) is 9.59 Å². The highest BCUT2D eigenvalue weighted by Crippen LogP contribution is 2.37. The second-order valence-corrected chi connectivity index (χ2v) is 7.12. The Bertz CT molecular complexity index is 503. The Balaban J connectivity index is 1.67. The average Bonchev–Trinajstić information content (AvgIpc) is 2.99. The number of hydrogen-bond donors (Lipinski definition) is 1. The Kier molecular flexibility index (Phi) is 5.05. The van der Waals surface area contributed by atoms with E-state index >= 15 is 0 Å². The first-order valence-corrected chi connectivity index (χ1v) is 7.92. The van der Waals surface area contributed by atoms with Crippen molar-refractivity contribution < 1.29 is 9.59 Å². The maximum Gasteiger partial charge on any atom is 0.224 e. The van der Waals surface area contributed by atoms with Crippen molar-refractivity contribution in [1.29, 1.82) is 0 Å². The van der Waals surface area contributed by atoms with E-state index in [4.69, 9.17) is 11.6 Å². The first-order valence-electron chi connectivity index (χ1n) is 6.73. The normalized spacial score (nSPS) is 20.6. The topological polar surface area (TPSA) is 49.4 Å². The van der Waals surface area contributed by atoms with Gasteiger partial charge in [0.05, 0.1) is 10.9 Å². The quantitative estimate of drug-likeness (QED) is 0.877. The Hall–Kier alpha value is -1.07. The number of hydrogen-bond acceptors (Lipinski definition) is 3. The number of carbonyl (C=O) groups is 2. The molecular formula is C14H19ClN2O2S. The van der Waals surface area contributed by atoms with E-state index in [9.17, 15) is 9.59 Å². The van der Waals surface area contributed by atoms with Crippen molar-refractivity contribution in [1.82, 2.24) is 10.2 Å². The van der Waals surface area contributed by atoms with E-state index in [1.54, 1.807) is 11.9 Å². The fraction of sp³-hybridized carbons (Fsp3) is 0.571. The molecule has 2 amide bonds. The van der Waals surface area contributed by atoms with E-state index in [1.165, 1.54) is 11.3 Å². The molecule has 1 N–H and O–H groups in total. The van der Waals surface area contributed by atoms with Crippen LogP contribution in [0.1, 0.15) is 24.6 Å². The Morgan fingerprint density at radius 1 is 1.50 bits per heavy atom. The molecule has 0 unspecified atom stereocenters. The first-order chi connectivity index (χ1) is 9.47. The summed E-state index contributed by atoms with van der Waals surface area (Å²) in [7, 11) is 1.76. The van der Waals surface area contributed by atoms with Crippen LogP contribution < -0.4 is 5.32 Å². The molecule has 6 heteroatoms. The van der Waals surface area contributed by atoms with Crippen molar-refractivity contribution >= 4 is 34.8 Å². The highest BCUT2D eigenvalue weighted by molar-refractivity contribution is 7.16. The highest BCUT2D eigenvalue weighted by atomic mass is 35.5. The molecule has 0 aromatic carbocycles. The van der Waals surface area contributed by atoms with Gasteiger partial charge in [-0.15, -0.1) is 11.3 Å². The lowest BCUT2D eigenvalue weighted by atomic mass is 10.3. The van der Waals surface area contributed by atoms with Gasteiger partial charge in [0.15, 0.2) is 0 Å². The second kappa shape index (κ2) is 6.59. The van der Waals surface area contributed by atoms with Crippen molar-refractivity contribution in [2.45, 2.75) is 26.3 Å². The molecule has 0 bridgehead atoms. The maximum absolute atomic E-state index is 11.9. The van der Waals surface area contributed by atoms with Crippen molar-refractivity contribution in [2.75, 3.05) is 13.6 Å². The van der Waals surface area contributed by atoms with E-state index in [1.807, 2.05) is 12.1 Å². The van der Waals surface area contributed by atoms with E-state index in [0.29, 0.717) is 25.4 Å². The van der Waals surface area contributed by atoms with Gasteiger partial charge in [-0.2, -0.15) is 0 Å². The maximum atomic E-state index is 11.9. The zero-order chi connectivity index (χ0) is 14.7. The minimum absolute atomic E-state index is 0.0265. The summed E-state index contributed by atoms with van der Waals surface area (Å²) in [6.07, 6.45) is 1.31. The second-order valence-electron chi connectivity index (χ2n) is 5.32. The van der Waals surface area contributed by atoms with Crippen LogP contribution in [0.15, 0.2) is 12.1 Å². The number of rotatable bonds is 6. The summed E-state index contributed by atoms with van der Waals surface area (Å²) in [4.78, 5) is 26.3. The Morgan fingerprint density at radius 3 is 2.75 bits per heavy atom. The number of carbonyl (C=O) groups excluding carboxylic acids is 2. The number of thiophene rings is 1. The van der Waals surface area contributed by atoms with E-state index in [-0.39, 0.29) is 17.7 Å². The van der Waals surface area contributed by atoms with E-state index in [2.05, 4.69) is 12.2 Å². The zero-order valence-corrected chi connectivity index (χ0v) is 13.3. The third-order valence-electron chi connectivity index (χ3n) is 3.53. The van der Waals surface area contributed by atoms with Crippen molar-refractivity contribution in [3.05, 3.63) is 21.3 Å². The molecule has 2 atom stereocenters. The Morgan fingerprint density at radius 2 is 2.20 bits per heavy atom. The molecule has 0 radical (unpaired) electrons. The van der Waals surface area contributed by atoms with Crippen molar-refractivity contribution in [3.8, 4) is 0 Å². The third-order valence-corrected chi connectivity index (χ3v) is 4.75. The van der Waals surface area contributed by atoms with Gasteiger partial charge in [0.25, 0.3) is 0 Å². The number of halogens is 1. The Labute approximate surface area is 128 Å². The molecule has 20 heavy (non-hydrogen) atoms. The molecule has 0 saturated heterocycles. The fourth-order valence-corrected chi connectivity index (χ4v) is 3.20. The van der Waals surface area contributed by atoms with Crippen LogP contribution in [-0.2, 0) is 16.1 Å². The number of nitrogens with zero attached hydrogens (tertiary/aromatic N) is 1. The average molecular weight is 315 g/mol. The van der Waals surface area contributed by atoms with Gasteiger partial charge in [0, 0.05) is 30.8 Å². The van der Waals surface area contributed by atoms with Crippen LogP contribution in [0.3, 0.4) is 0 Å². The van der Waals surface area contributed by atoms with Gasteiger partial charge < -0.3 is 10.2 Å². The summed E-state index contributed by atoms with van der Waals surface area (Å²) < 4.78 is 0.728. The molecule has 1 aliphatic carbocycles. The van der Waals surface area contributed by atoms with Gasteiger partial charge >= 0.3 is 0 Å². The highest BCUT2D eigenvalue weighted by Gasteiger charge is 2.38. The molecule has 4 nitrogen and oxygen atoms in total. The molecule has 0 aliphatic heterocycles. The summed E-state index contributed by atoms with van der Waals surface area (Å²) in [5, 5.41) is 2.82. The summed E-state index contributed by atoms with van der Waals surface area (Å²) in [6, 6.07) is 3.75. The standard InChI is InChI=1S/C14H19ClN2O2S/c1-9-7-11(9)14(19)16-6-5-13(18)17(2)8-10-3-4-12(15)20-10/h3-4,9,11H,5-8H2,1-2H3,(H,16,19)/t9-,11+/m0/s1. The zero-order valence-electron chi connectivity index (χ0n) is 11.7. The predicted octanol–water partition coefficient (Wildman–Crippen LogP) is 2.52. The monoisotopic (exact) mass is 314 g/mol. The van der Waals surface area contributed by atoms with Crippen LogP contribution >= 0.6 is 22.9 Å². The predicted molar refractivity (Wildman–Crippen MR) is 80.7 cm³/mol. The van der Waals surface area contributed by atoms with Crippen LogP contribution in [0.5, 0.6) is 0 Å². The van der Waals surface area contributed by atoms with Crippen LogP contribution in [0.4, 0.5) is 0 Å². The molecule has 0 spiro atoms. The van der Waals surface area contributed by atoms with Crippen molar-refractivity contribution in [2.24, 2.45) is 11.8 Å². The van der Waals surface area contributed by atoms with Crippen LogP contribution in [0.25, 0.3) is 0 Å². The van der Waals surface area contributed by atoms with Crippen LogP contribution in [0, 0.1) is 11.8 Å². The van der Waals surface area contributed by atoms with Crippen LogP contribution in [-0.4, -0.2) is 30.3 Å². The molecule has 2 rings (SSSR count). The summed E-state index contributed by atoms with van der Waals surface area (Å²) >= 11 is 7.33. The minimum atomic E-state index is 0.0265. The lowest BCUT2D eigenvalue weighted by Crippen LogP contribution is -2.32. The molecule has 110 valence electrons. The fourth-order valence-electron chi connectivity index (χ4n) is 2.06. The lowest BCUT2D eigenvalue weighted by Gasteiger charge is -2.16. The smallest absolute Gasteiger partial charge is 0.224 e.